The first kappa shape index (κ1) is 15.3. The van der Waals surface area contributed by atoms with E-state index < -0.39 is 11.8 Å². The minimum absolute atomic E-state index is 0.00373. The molecule has 1 aliphatic heterocycles. The zero-order valence-electron chi connectivity index (χ0n) is 11.5. The summed E-state index contributed by atoms with van der Waals surface area (Å²) in [5.74, 6) is -1.69. The summed E-state index contributed by atoms with van der Waals surface area (Å²) in [4.78, 5) is 13.2. The molecule has 110 valence electrons. The summed E-state index contributed by atoms with van der Waals surface area (Å²) in [7, 11) is 2.08. The van der Waals surface area contributed by atoms with Gasteiger partial charge in [0, 0.05) is 18.6 Å². The Morgan fingerprint density at radius 2 is 2.25 bits per heavy atom. The van der Waals surface area contributed by atoms with Crippen molar-refractivity contribution in [2.75, 3.05) is 18.9 Å². The summed E-state index contributed by atoms with van der Waals surface area (Å²) in [5.41, 5.74) is 0.286. The fraction of sp³-hybridized carbons (Fsp3) is 0.500. The minimum Gasteiger partial charge on any atom is -0.478 e. The normalized spacial score (nSPS) is 23.6. The Morgan fingerprint density at radius 1 is 1.55 bits per heavy atom. The number of carbonyl (C=O) groups is 1. The SMILES string of the molecule is CC1CC(Nc2ccc(C(=O)O)c(Br)c2F)CCN1C. The number of aromatic carboxylic acids is 1. The third kappa shape index (κ3) is 3.12. The molecule has 1 aromatic carbocycles. The summed E-state index contributed by atoms with van der Waals surface area (Å²) in [6, 6.07) is 3.56. The van der Waals surface area contributed by atoms with Crippen LogP contribution in [-0.4, -0.2) is 41.7 Å². The van der Waals surface area contributed by atoms with Crippen LogP contribution in [0.25, 0.3) is 0 Å². The Morgan fingerprint density at radius 3 is 2.85 bits per heavy atom. The fourth-order valence-corrected chi connectivity index (χ4v) is 2.98. The molecule has 1 fully saturated rings. The van der Waals surface area contributed by atoms with Crippen molar-refractivity contribution in [3.05, 3.63) is 28.0 Å². The Labute approximate surface area is 126 Å². The topological polar surface area (TPSA) is 52.6 Å². The second-order valence-electron chi connectivity index (χ2n) is 5.29. The van der Waals surface area contributed by atoms with Crippen molar-refractivity contribution in [1.82, 2.24) is 4.90 Å². The van der Waals surface area contributed by atoms with Crippen LogP contribution in [0.2, 0.25) is 0 Å². The number of likely N-dealkylation sites (tertiary alicyclic amines) is 1. The number of nitrogens with one attached hydrogen (secondary N) is 1. The third-order valence-corrected chi connectivity index (χ3v) is 4.66. The van der Waals surface area contributed by atoms with Gasteiger partial charge < -0.3 is 15.3 Å². The average molecular weight is 345 g/mol. The van der Waals surface area contributed by atoms with E-state index in [0.29, 0.717) is 11.7 Å². The molecule has 1 heterocycles. The highest BCUT2D eigenvalue weighted by Crippen LogP contribution is 2.29. The number of hydrogen-bond acceptors (Lipinski definition) is 3. The first-order chi connectivity index (χ1) is 9.40. The smallest absolute Gasteiger partial charge is 0.336 e. The molecule has 0 saturated carbocycles. The minimum atomic E-state index is -1.14. The fourth-order valence-electron chi connectivity index (χ4n) is 2.47. The Balaban J connectivity index is 2.14. The number of carboxylic acid groups (broad SMARTS) is 1. The summed E-state index contributed by atoms with van der Waals surface area (Å²) >= 11 is 3.01. The lowest BCUT2D eigenvalue weighted by Gasteiger charge is -2.35. The van der Waals surface area contributed by atoms with Crippen molar-refractivity contribution in [3.63, 3.8) is 0 Å². The van der Waals surface area contributed by atoms with Crippen LogP contribution < -0.4 is 5.32 Å². The molecule has 1 saturated heterocycles. The summed E-state index contributed by atoms with van der Waals surface area (Å²) in [5, 5.41) is 12.1. The number of anilines is 1. The van der Waals surface area contributed by atoms with Gasteiger partial charge in [-0.2, -0.15) is 0 Å². The predicted octanol–water partition coefficient (Wildman–Crippen LogP) is 3.18. The lowest BCUT2D eigenvalue weighted by atomic mass is 9.98. The lowest BCUT2D eigenvalue weighted by molar-refractivity contribution is 0.0695. The molecule has 0 spiro atoms. The zero-order valence-corrected chi connectivity index (χ0v) is 13.1. The van der Waals surface area contributed by atoms with Crippen LogP contribution in [-0.2, 0) is 0 Å². The third-order valence-electron chi connectivity index (χ3n) is 3.88. The molecule has 1 aromatic rings. The van der Waals surface area contributed by atoms with Gasteiger partial charge in [0.15, 0.2) is 5.82 Å². The van der Waals surface area contributed by atoms with E-state index in [1.165, 1.54) is 12.1 Å². The lowest BCUT2D eigenvalue weighted by Crippen LogP contribution is -2.42. The number of piperidine rings is 1. The molecule has 2 rings (SSSR count). The van der Waals surface area contributed by atoms with Crippen molar-refractivity contribution in [2.24, 2.45) is 0 Å². The molecule has 0 aliphatic carbocycles. The first-order valence-electron chi connectivity index (χ1n) is 6.58. The standard InChI is InChI=1S/C14H18BrFN2O2/c1-8-7-9(5-6-18(8)2)17-11-4-3-10(14(19)20)12(15)13(11)16/h3-4,8-9,17H,5-7H2,1-2H3,(H,19,20). The number of carboxylic acids is 1. The molecule has 0 aromatic heterocycles. The van der Waals surface area contributed by atoms with Crippen molar-refractivity contribution in [3.8, 4) is 0 Å². The van der Waals surface area contributed by atoms with E-state index in [2.05, 4.69) is 40.1 Å². The molecular formula is C14H18BrFN2O2. The second-order valence-corrected chi connectivity index (χ2v) is 6.08. The van der Waals surface area contributed by atoms with E-state index in [4.69, 9.17) is 5.11 Å². The maximum absolute atomic E-state index is 14.2. The van der Waals surface area contributed by atoms with Gasteiger partial charge in [0.1, 0.15) is 0 Å². The van der Waals surface area contributed by atoms with Gasteiger partial charge in [-0.25, -0.2) is 9.18 Å². The Hall–Kier alpha value is -1.14. The molecule has 2 unspecified atom stereocenters. The Kier molecular flexibility index (Phi) is 4.65. The van der Waals surface area contributed by atoms with E-state index >= 15 is 0 Å². The second kappa shape index (κ2) is 6.10. The van der Waals surface area contributed by atoms with Crippen LogP contribution >= 0.6 is 15.9 Å². The van der Waals surface area contributed by atoms with E-state index in [-0.39, 0.29) is 16.1 Å². The van der Waals surface area contributed by atoms with Gasteiger partial charge in [-0.15, -0.1) is 0 Å². The zero-order chi connectivity index (χ0) is 14.9. The van der Waals surface area contributed by atoms with Gasteiger partial charge in [-0.05, 0) is 54.9 Å². The van der Waals surface area contributed by atoms with Gasteiger partial charge >= 0.3 is 5.97 Å². The number of hydrogen-bond donors (Lipinski definition) is 2. The van der Waals surface area contributed by atoms with E-state index in [9.17, 15) is 9.18 Å². The van der Waals surface area contributed by atoms with Gasteiger partial charge in [0.25, 0.3) is 0 Å². The highest BCUT2D eigenvalue weighted by atomic mass is 79.9. The molecule has 0 bridgehead atoms. The largest absolute Gasteiger partial charge is 0.478 e. The molecule has 4 nitrogen and oxygen atoms in total. The molecule has 0 amide bonds. The van der Waals surface area contributed by atoms with Crippen LogP contribution in [0.4, 0.5) is 10.1 Å². The average Bonchev–Trinajstić information content (AvgIpc) is 2.39. The van der Waals surface area contributed by atoms with E-state index in [1.54, 1.807) is 0 Å². The maximum Gasteiger partial charge on any atom is 0.336 e. The molecule has 1 aliphatic rings. The van der Waals surface area contributed by atoms with Crippen molar-refractivity contribution in [1.29, 1.82) is 0 Å². The molecular weight excluding hydrogens is 327 g/mol. The maximum atomic E-state index is 14.2. The monoisotopic (exact) mass is 344 g/mol. The van der Waals surface area contributed by atoms with Crippen LogP contribution in [0, 0.1) is 5.82 Å². The van der Waals surface area contributed by atoms with Crippen LogP contribution in [0.3, 0.4) is 0 Å². The van der Waals surface area contributed by atoms with Crippen LogP contribution in [0.5, 0.6) is 0 Å². The molecule has 2 atom stereocenters. The van der Waals surface area contributed by atoms with Gasteiger partial charge in [0.2, 0.25) is 0 Å². The van der Waals surface area contributed by atoms with Gasteiger partial charge in [-0.3, -0.25) is 0 Å². The van der Waals surface area contributed by atoms with Crippen LogP contribution in [0.1, 0.15) is 30.1 Å². The summed E-state index contributed by atoms with van der Waals surface area (Å²) in [6.07, 6.45) is 1.88. The Bertz CT molecular complexity index is 524. The summed E-state index contributed by atoms with van der Waals surface area (Å²) < 4.78 is 14.2. The van der Waals surface area contributed by atoms with Gasteiger partial charge in [-0.1, -0.05) is 0 Å². The first-order valence-corrected chi connectivity index (χ1v) is 7.37. The predicted molar refractivity (Wildman–Crippen MR) is 79.8 cm³/mol. The van der Waals surface area contributed by atoms with Crippen molar-refractivity contribution < 1.29 is 14.3 Å². The molecule has 2 N–H and O–H groups in total. The van der Waals surface area contributed by atoms with E-state index in [1.807, 2.05) is 0 Å². The number of halogens is 2. The van der Waals surface area contributed by atoms with Gasteiger partial charge in [0.05, 0.1) is 15.7 Å². The number of benzene rings is 1. The highest BCUT2D eigenvalue weighted by molar-refractivity contribution is 9.10. The van der Waals surface area contributed by atoms with Crippen LogP contribution in [0.15, 0.2) is 16.6 Å². The quantitative estimate of drug-likeness (QED) is 0.884. The number of rotatable bonds is 3. The number of nitrogens with zero attached hydrogens (tertiary/aromatic N) is 1. The molecule has 6 heteroatoms. The summed E-state index contributed by atoms with van der Waals surface area (Å²) in [6.45, 7) is 3.11. The molecule has 20 heavy (non-hydrogen) atoms. The highest BCUT2D eigenvalue weighted by Gasteiger charge is 2.24. The van der Waals surface area contributed by atoms with Crippen molar-refractivity contribution >= 4 is 27.6 Å². The van der Waals surface area contributed by atoms with Crippen molar-refractivity contribution in [2.45, 2.75) is 31.8 Å². The molecule has 0 radical (unpaired) electrons. The van der Waals surface area contributed by atoms with E-state index in [0.717, 1.165) is 19.4 Å².